The van der Waals surface area contributed by atoms with Gasteiger partial charge in [-0.15, -0.1) is 0 Å². The van der Waals surface area contributed by atoms with Crippen molar-refractivity contribution in [1.82, 2.24) is 10.2 Å². The van der Waals surface area contributed by atoms with E-state index in [4.69, 9.17) is 4.74 Å². The van der Waals surface area contributed by atoms with Gasteiger partial charge >= 0.3 is 0 Å². The molecule has 1 fully saturated rings. The van der Waals surface area contributed by atoms with E-state index in [9.17, 15) is 9.18 Å². The topological polar surface area (TPSA) is 41.6 Å². The molecule has 5 heteroatoms. The van der Waals surface area contributed by atoms with Crippen molar-refractivity contribution in [1.29, 1.82) is 0 Å². The number of carbonyl (C=O) groups excluding carboxylic acids is 1. The number of rotatable bonds is 7. The number of likely N-dealkylation sites (tertiary alicyclic amines) is 1. The van der Waals surface area contributed by atoms with Crippen molar-refractivity contribution in [2.75, 3.05) is 20.2 Å². The number of para-hydroxylation sites is 1. The van der Waals surface area contributed by atoms with Crippen molar-refractivity contribution >= 4 is 5.91 Å². The zero-order valence-corrected chi connectivity index (χ0v) is 18.4. The maximum atomic E-state index is 13.0. The van der Waals surface area contributed by atoms with Gasteiger partial charge in [0, 0.05) is 31.2 Å². The molecule has 32 heavy (non-hydrogen) atoms. The molecular formula is C27H29FN2O2. The van der Waals surface area contributed by atoms with Gasteiger partial charge in [-0.25, -0.2) is 4.39 Å². The average molecular weight is 433 g/mol. The predicted molar refractivity (Wildman–Crippen MR) is 125 cm³/mol. The number of hydrogen-bond acceptors (Lipinski definition) is 3. The van der Waals surface area contributed by atoms with Crippen LogP contribution in [-0.4, -0.2) is 37.0 Å². The molecule has 4 nitrogen and oxygen atoms in total. The molecule has 3 aromatic carbocycles. The van der Waals surface area contributed by atoms with Gasteiger partial charge < -0.3 is 10.1 Å². The largest absolute Gasteiger partial charge is 0.496 e. The molecule has 1 aliphatic heterocycles. The maximum Gasteiger partial charge on any atom is 0.224 e. The van der Waals surface area contributed by atoms with Gasteiger partial charge in [-0.3, -0.25) is 9.69 Å². The molecule has 1 saturated heterocycles. The van der Waals surface area contributed by atoms with Crippen LogP contribution < -0.4 is 10.1 Å². The number of piperidine rings is 1. The molecule has 0 aromatic heterocycles. The molecule has 1 N–H and O–H groups in total. The molecule has 4 rings (SSSR count). The quantitative estimate of drug-likeness (QED) is 0.582. The van der Waals surface area contributed by atoms with Crippen LogP contribution in [0.5, 0.6) is 5.75 Å². The van der Waals surface area contributed by atoms with Gasteiger partial charge in [-0.2, -0.15) is 0 Å². The molecule has 1 heterocycles. The van der Waals surface area contributed by atoms with Crippen molar-refractivity contribution in [3.63, 3.8) is 0 Å². The van der Waals surface area contributed by atoms with Gasteiger partial charge in [0.1, 0.15) is 11.6 Å². The first-order valence-corrected chi connectivity index (χ1v) is 11.1. The molecule has 0 radical (unpaired) electrons. The SMILES string of the molecule is COc1ccccc1-c1cccc(CN2CCC(NC(=O)Cc3ccc(F)cc3)CC2)c1. The second-order valence-corrected chi connectivity index (χ2v) is 8.32. The van der Waals surface area contributed by atoms with Crippen LogP contribution in [0.4, 0.5) is 4.39 Å². The van der Waals surface area contributed by atoms with E-state index in [-0.39, 0.29) is 24.2 Å². The smallest absolute Gasteiger partial charge is 0.224 e. The summed E-state index contributed by atoms with van der Waals surface area (Å²) in [4.78, 5) is 14.8. The minimum absolute atomic E-state index is 0.000400. The van der Waals surface area contributed by atoms with Crippen LogP contribution in [0.15, 0.2) is 72.8 Å². The van der Waals surface area contributed by atoms with Gasteiger partial charge in [0.05, 0.1) is 13.5 Å². The summed E-state index contributed by atoms with van der Waals surface area (Å²) in [5.74, 6) is 0.594. The molecule has 0 spiro atoms. The lowest BCUT2D eigenvalue weighted by Crippen LogP contribution is -2.44. The van der Waals surface area contributed by atoms with Crippen LogP contribution in [0.3, 0.4) is 0 Å². The molecule has 0 atom stereocenters. The minimum atomic E-state index is -0.282. The van der Waals surface area contributed by atoms with Crippen molar-refractivity contribution < 1.29 is 13.9 Å². The monoisotopic (exact) mass is 432 g/mol. The van der Waals surface area contributed by atoms with E-state index >= 15 is 0 Å². The first-order valence-electron chi connectivity index (χ1n) is 11.1. The normalized spacial score (nSPS) is 14.8. The standard InChI is InChI=1S/C27H29FN2O2/c1-32-26-8-3-2-7-25(26)22-6-4-5-21(17-22)19-30-15-13-24(14-16-30)29-27(31)18-20-9-11-23(28)12-10-20/h2-12,17,24H,13-16,18-19H2,1H3,(H,29,31). The lowest BCUT2D eigenvalue weighted by atomic mass is 10.0. The zero-order chi connectivity index (χ0) is 22.3. The number of nitrogens with zero attached hydrogens (tertiary/aromatic N) is 1. The molecule has 1 amide bonds. The van der Waals surface area contributed by atoms with E-state index in [0.717, 1.165) is 54.9 Å². The van der Waals surface area contributed by atoms with Crippen LogP contribution in [0.2, 0.25) is 0 Å². The number of benzene rings is 3. The highest BCUT2D eigenvalue weighted by molar-refractivity contribution is 5.78. The van der Waals surface area contributed by atoms with E-state index in [1.807, 2.05) is 18.2 Å². The lowest BCUT2D eigenvalue weighted by molar-refractivity contribution is -0.121. The summed E-state index contributed by atoms with van der Waals surface area (Å²) < 4.78 is 18.5. The Labute approximate surface area is 189 Å². The van der Waals surface area contributed by atoms with Crippen LogP contribution in [0.1, 0.15) is 24.0 Å². The second kappa shape index (κ2) is 10.4. The van der Waals surface area contributed by atoms with Crippen molar-refractivity contribution in [3.05, 3.63) is 89.7 Å². The Morgan fingerprint density at radius 2 is 1.75 bits per heavy atom. The molecule has 1 aliphatic rings. The number of nitrogens with one attached hydrogen (secondary N) is 1. The van der Waals surface area contributed by atoms with Gasteiger partial charge in [0.15, 0.2) is 0 Å². The van der Waals surface area contributed by atoms with Gasteiger partial charge in [-0.1, -0.05) is 48.5 Å². The number of methoxy groups -OCH3 is 1. The van der Waals surface area contributed by atoms with Crippen LogP contribution in [0, 0.1) is 5.82 Å². The predicted octanol–water partition coefficient (Wildman–Crippen LogP) is 4.82. The Bertz CT molecular complexity index is 1040. The third-order valence-corrected chi connectivity index (χ3v) is 5.98. The van der Waals surface area contributed by atoms with Crippen LogP contribution in [-0.2, 0) is 17.8 Å². The Kier molecular flexibility index (Phi) is 7.17. The molecular weight excluding hydrogens is 403 g/mol. The summed E-state index contributed by atoms with van der Waals surface area (Å²) in [7, 11) is 1.70. The number of hydrogen-bond donors (Lipinski definition) is 1. The minimum Gasteiger partial charge on any atom is -0.496 e. The lowest BCUT2D eigenvalue weighted by Gasteiger charge is -2.32. The Balaban J connectivity index is 1.29. The fraction of sp³-hybridized carbons (Fsp3) is 0.296. The molecule has 0 bridgehead atoms. The number of ether oxygens (including phenoxy) is 1. The third-order valence-electron chi connectivity index (χ3n) is 5.98. The highest BCUT2D eigenvalue weighted by Crippen LogP contribution is 2.30. The fourth-order valence-corrected chi connectivity index (χ4v) is 4.28. The summed E-state index contributed by atoms with van der Waals surface area (Å²) in [5, 5.41) is 3.14. The van der Waals surface area contributed by atoms with Crippen LogP contribution in [0.25, 0.3) is 11.1 Å². The Morgan fingerprint density at radius 3 is 2.50 bits per heavy atom. The van der Waals surface area contributed by atoms with E-state index < -0.39 is 0 Å². The van der Waals surface area contributed by atoms with Crippen molar-refractivity contribution in [2.45, 2.75) is 31.8 Å². The summed E-state index contributed by atoms with van der Waals surface area (Å²) >= 11 is 0. The average Bonchev–Trinajstić information content (AvgIpc) is 2.82. The van der Waals surface area contributed by atoms with Gasteiger partial charge in [-0.05, 0) is 53.8 Å². The fourth-order valence-electron chi connectivity index (χ4n) is 4.28. The van der Waals surface area contributed by atoms with Gasteiger partial charge in [0.25, 0.3) is 0 Å². The zero-order valence-electron chi connectivity index (χ0n) is 18.4. The van der Waals surface area contributed by atoms with E-state index in [1.54, 1.807) is 19.2 Å². The van der Waals surface area contributed by atoms with Crippen LogP contribution >= 0.6 is 0 Å². The highest BCUT2D eigenvalue weighted by Gasteiger charge is 2.21. The molecule has 3 aromatic rings. The highest BCUT2D eigenvalue weighted by atomic mass is 19.1. The second-order valence-electron chi connectivity index (χ2n) is 8.32. The van der Waals surface area contributed by atoms with Crippen molar-refractivity contribution in [2.24, 2.45) is 0 Å². The summed E-state index contributed by atoms with van der Waals surface area (Å²) in [5.41, 5.74) is 4.35. The number of halogens is 1. The Morgan fingerprint density at radius 1 is 1.00 bits per heavy atom. The first kappa shape index (κ1) is 22.0. The molecule has 0 saturated carbocycles. The van der Waals surface area contributed by atoms with Gasteiger partial charge in [0.2, 0.25) is 5.91 Å². The number of carbonyl (C=O) groups is 1. The van der Waals surface area contributed by atoms with E-state index in [1.165, 1.54) is 17.7 Å². The molecule has 166 valence electrons. The first-order chi connectivity index (χ1) is 15.6. The van der Waals surface area contributed by atoms with E-state index in [0.29, 0.717) is 0 Å². The summed E-state index contributed by atoms with van der Waals surface area (Å²) in [6.45, 7) is 2.78. The maximum absolute atomic E-state index is 13.0. The van der Waals surface area contributed by atoms with Crippen molar-refractivity contribution in [3.8, 4) is 16.9 Å². The molecule has 0 aliphatic carbocycles. The van der Waals surface area contributed by atoms with E-state index in [2.05, 4.69) is 40.5 Å². The number of amides is 1. The third kappa shape index (κ3) is 5.74. The summed E-state index contributed by atoms with van der Waals surface area (Å²) in [6, 6.07) is 23.0. The summed E-state index contributed by atoms with van der Waals surface area (Å²) in [6.07, 6.45) is 2.15. The Hall–Kier alpha value is -3.18. The molecule has 0 unspecified atom stereocenters.